The summed E-state index contributed by atoms with van der Waals surface area (Å²) in [5.41, 5.74) is 1.19. The van der Waals surface area contributed by atoms with Crippen molar-refractivity contribution in [3.05, 3.63) is 35.4 Å². The molecule has 0 spiro atoms. The number of sulfone groups is 1. The summed E-state index contributed by atoms with van der Waals surface area (Å²) in [5.74, 6) is -0.492. The van der Waals surface area contributed by atoms with Crippen LogP contribution in [0.2, 0.25) is 0 Å². The lowest BCUT2D eigenvalue weighted by atomic mass is 9.96. The molecule has 1 saturated heterocycles. The van der Waals surface area contributed by atoms with E-state index in [-0.39, 0.29) is 23.5 Å². The minimum atomic E-state index is -3.09. The van der Waals surface area contributed by atoms with Crippen LogP contribution in [0.3, 0.4) is 0 Å². The Kier molecular flexibility index (Phi) is 5.41. The van der Waals surface area contributed by atoms with Gasteiger partial charge in [0.05, 0.1) is 18.8 Å². The van der Waals surface area contributed by atoms with Crippen LogP contribution >= 0.6 is 0 Å². The summed E-state index contributed by atoms with van der Waals surface area (Å²) in [6, 6.07) is 6.62. The lowest BCUT2D eigenvalue weighted by molar-refractivity contribution is -0.146. The zero-order chi connectivity index (χ0) is 17.0. The molecule has 1 aromatic carbocycles. The number of esters is 1. The third-order valence-electron chi connectivity index (χ3n) is 3.95. The van der Waals surface area contributed by atoms with E-state index in [1.54, 1.807) is 29.2 Å². The van der Waals surface area contributed by atoms with Crippen LogP contribution in [-0.4, -0.2) is 51.6 Å². The highest BCUT2D eigenvalue weighted by atomic mass is 32.2. The first kappa shape index (κ1) is 17.5. The zero-order valence-corrected chi connectivity index (χ0v) is 14.1. The van der Waals surface area contributed by atoms with Crippen LogP contribution in [0.5, 0.6) is 0 Å². The number of amides is 1. The molecule has 1 aromatic rings. The molecule has 1 heterocycles. The quantitative estimate of drug-likeness (QED) is 0.772. The van der Waals surface area contributed by atoms with Crippen molar-refractivity contribution < 1.29 is 22.7 Å². The molecule has 2 rings (SSSR count). The summed E-state index contributed by atoms with van der Waals surface area (Å²) in [7, 11) is -1.71. The smallest absolute Gasteiger partial charge is 0.308 e. The third kappa shape index (κ3) is 4.79. The fourth-order valence-corrected chi connectivity index (χ4v) is 3.51. The molecule has 23 heavy (non-hydrogen) atoms. The number of carbonyl (C=O) groups excluding carboxylic acids is 2. The van der Waals surface area contributed by atoms with E-state index in [9.17, 15) is 18.0 Å². The van der Waals surface area contributed by atoms with Gasteiger partial charge in [-0.25, -0.2) is 8.42 Å². The molecule has 0 radical (unpaired) electrons. The largest absolute Gasteiger partial charge is 0.469 e. The van der Waals surface area contributed by atoms with Crippen molar-refractivity contribution in [1.29, 1.82) is 0 Å². The highest BCUT2D eigenvalue weighted by molar-refractivity contribution is 7.89. The van der Waals surface area contributed by atoms with Crippen LogP contribution in [0.1, 0.15) is 28.8 Å². The first-order valence-electron chi connectivity index (χ1n) is 7.44. The lowest BCUT2D eigenvalue weighted by Crippen LogP contribution is -2.40. The number of methoxy groups -OCH3 is 1. The second-order valence-electron chi connectivity index (χ2n) is 5.86. The SMILES string of the molecule is COC(=O)C1CCN(C(=O)c2ccc(CS(C)(=O)=O)cc2)CC1. The molecule has 0 bridgehead atoms. The Morgan fingerprint density at radius 1 is 1.17 bits per heavy atom. The molecule has 1 aliphatic rings. The standard InChI is InChI=1S/C16H21NO5S/c1-22-16(19)14-7-9-17(10-8-14)15(18)13-5-3-12(4-6-13)11-23(2,20)21/h3-6,14H,7-11H2,1-2H3. The number of hydrogen-bond acceptors (Lipinski definition) is 5. The highest BCUT2D eigenvalue weighted by Crippen LogP contribution is 2.20. The number of rotatable bonds is 4. The summed E-state index contributed by atoms with van der Waals surface area (Å²) < 4.78 is 27.3. The van der Waals surface area contributed by atoms with Gasteiger partial charge < -0.3 is 9.64 Å². The Morgan fingerprint density at radius 3 is 2.22 bits per heavy atom. The van der Waals surface area contributed by atoms with Gasteiger partial charge in [-0.1, -0.05) is 12.1 Å². The van der Waals surface area contributed by atoms with Gasteiger partial charge in [0.25, 0.3) is 5.91 Å². The fraction of sp³-hybridized carbons (Fsp3) is 0.500. The van der Waals surface area contributed by atoms with Gasteiger partial charge in [0.15, 0.2) is 9.84 Å². The first-order chi connectivity index (χ1) is 10.8. The number of piperidine rings is 1. The number of benzene rings is 1. The molecule has 0 saturated carbocycles. The van der Waals surface area contributed by atoms with E-state index in [4.69, 9.17) is 4.74 Å². The van der Waals surface area contributed by atoms with Crippen LogP contribution < -0.4 is 0 Å². The van der Waals surface area contributed by atoms with E-state index >= 15 is 0 Å². The van der Waals surface area contributed by atoms with Crippen LogP contribution in [-0.2, 0) is 25.1 Å². The minimum Gasteiger partial charge on any atom is -0.469 e. The molecule has 0 aliphatic carbocycles. The maximum atomic E-state index is 12.4. The first-order valence-corrected chi connectivity index (χ1v) is 9.50. The maximum absolute atomic E-state index is 12.4. The van der Waals surface area contributed by atoms with E-state index in [2.05, 4.69) is 0 Å². The van der Waals surface area contributed by atoms with Crippen molar-refractivity contribution in [2.24, 2.45) is 5.92 Å². The summed E-state index contributed by atoms with van der Waals surface area (Å²) in [5, 5.41) is 0. The van der Waals surface area contributed by atoms with Crippen molar-refractivity contribution in [3.8, 4) is 0 Å². The molecular weight excluding hydrogens is 318 g/mol. The Balaban J connectivity index is 1.97. The second-order valence-corrected chi connectivity index (χ2v) is 8.00. The third-order valence-corrected chi connectivity index (χ3v) is 4.80. The van der Waals surface area contributed by atoms with Crippen LogP contribution in [0.25, 0.3) is 0 Å². The van der Waals surface area contributed by atoms with Gasteiger partial charge in [-0.15, -0.1) is 0 Å². The predicted molar refractivity (Wildman–Crippen MR) is 85.6 cm³/mol. The maximum Gasteiger partial charge on any atom is 0.308 e. The van der Waals surface area contributed by atoms with Gasteiger partial charge in [0.1, 0.15) is 0 Å². The van der Waals surface area contributed by atoms with Gasteiger partial charge in [0.2, 0.25) is 0 Å². The number of ether oxygens (including phenoxy) is 1. The number of carbonyl (C=O) groups is 2. The highest BCUT2D eigenvalue weighted by Gasteiger charge is 2.28. The number of nitrogens with zero attached hydrogens (tertiary/aromatic N) is 1. The van der Waals surface area contributed by atoms with Crippen molar-refractivity contribution >= 4 is 21.7 Å². The molecule has 126 valence electrons. The van der Waals surface area contributed by atoms with Gasteiger partial charge in [-0.05, 0) is 30.5 Å². The van der Waals surface area contributed by atoms with E-state index in [0.29, 0.717) is 37.1 Å². The molecule has 7 heteroatoms. The molecule has 1 aliphatic heterocycles. The average molecular weight is 339 g/mol. The number of likely N-dealkylation sites (tertiary alicyclic amines) is 1. The van der Waals surface area contributed by atoms with Gasteiger partial charge in [-0.3, -0.25) is 9.59 Å². The topological polar surface area (TPSA) is 80.8 Å². The van der Waals surface area contributed by atoms with Crippen LogP contribution in [0.15, 0.2) is 24.3 Å². The normalized spacial score (nSPS) is 16.2. The molecule has 1 fully saturated rings. The van der Waals surface area contributed by atoms with Gasteiger partial charge in [0, 0.05) is 24.9 Å². The molecule has 6 nitrogen and oxygen atoms in total. The minimum absolute atomic E-state index is 0.0357. The Labute approximate surface area is 136 Å². The second kappa shape index (κ2) is 7.12. The predicted octanol–water partition coefficient (Wildman–Crippen LogP) is 1.26. The van der Waals surface area contributed by atoms with Crippen LogP contribution in [0.4, 0.5) is 0 Å². The van der Waals surface area contributed by atoms with Crippen LogP contribution in [0, 0.1) is 5.92 Å². The molecular formula is C16H21NO5S. The summed E-state index contributed by atoms with van der Waals surface area (Å²) in [6.07, 6.45) is 2.38. The molecule has 0 unspecified atom stereocenters. The van der Waals surface area contributed by atoms with Crippen molar-refractivity contribution in [3.63, 3.8) is 0 Å². The Morgan fingerprint density at radius 2 is 1.74 bits per heavy atom. The van der Waals surface area contributed by atoms with E-state index in [1.807, 2.05) is 0 Å². The molecule has 0 atom stereocenters. The summed E-state index contributed by atoms with van der Waals surface area (Å²) >= 11 is 0. The molecule has 0 aromatic heterocycles. The molecule has 1 amide bonds. The number of hydrogen-bond donors (Lipinski definition) is 0. The lowest BCUT2D eigenvalue weighted by Gasteiger charge is -2.30. The zero-order valence-electron chi connectivity index (χ0n) is 13.3. The van der Waals surface area contributed by atoms with Crippen molar-refractivity contribution in [1.82, 2.24) is 4.90 Å². The summed E-state index contributed by atoms with van der Waals surface area (Å²) in [4.78, 5) is 25.6. The Hall–Kier alpha value is -1.89. The molecule has 0 N–H and O–H groups in total. The van der Waals surface area contributed by atoms with Gasteiger partial charge in [-0.2, -0.15) is 0 Å². The summed E-state index contributed by atoms with van der Waals surface area (Å²) in [6.45, 7) is 1.04. The monoisotopic (exact) mass is 339 g/mol. The van der Waals surface area contributed by atoms with E-state index in [0.717, 1.165) is 0 Å². The fourth-order valence-electron chi connectivity index (χ4n) is 2.71. The average Bonchev–Trinajstić information content (AvgIpc) is 2.53. The Bertz CT molecular complexity index is 673. The van der Waals surface area contributed by atoms with Gasteiger partial charge >= 0.3 is 5.97 Å². The van der Waals surface area contributed by atoms with E-state index < -0.39 is 9.84 Å². The van der Waals surface area contributed by atoms with Crippen molar-refractivity contribution in [2.45, 2.75) is 18.6 Å². The van der Waals surface area contributed by atoms with E-state index in [1.165, 1.54) is 13.4 Å². The van der Waals surface area contributed by atoms with Crippen molar-refractivity contribution in [2.75, 3.05) is 26.5 Å².